The number of nitrogens with zero attached hydrogens (tertiary/aromatic N) is 1. The van der Waals surface area contributed by atoms with E-state index >= 15 is 0 Å². The lowest BCUT2D eigenvalue weighted by molar-refractivity contribution is -0.157. The molecule has 1 N–H and O–H groups in total. The summed E-state index contributed by atoms with van der Waals surface area (Å²) in [4.78, 5) is 24.5. The average molecular weight is 243 g/mol. The fourth-order valence-corrected chi connectivity index (χ4v) is 2.22. The van der Waals surface area contributed by atoms with Gasteiger partial charge in [0.15, 0.2) is 6.10 Å². The third-order valence-electron chi connectivity index (χ3n) is 3.12. The topological polar surface area (TPSA) is 76.1 Å². The maximum absolute atomic E-state index is 12.1. The minimum atomic E-state index is -0.990. The highest BCUT2D eigenvalue weighted by Crippen LogP contribution is 2.22. The van der Waals surface area contributed by atoms with Crippen molar-refractivity contribution in [1.29, 1.82) is 0 Å². The van der Waals surface area contributed by atoms with Gasteiger partial charge in [-0.25, -0.2) is 4.79 Å². The number of carboxylic acid groups (broad SMARTS) is 1. The lowest BCUT2D eigenvalue weighted by Crippen LogP contribution is -2.48. The van der Waals surface area contributed by atoms with E-state index in [4.69, 9.17) is 14.6 Å². The van der Waals surface area contributed by atoms with E-state index in [9.17, 15) is 9.59 Å². The zero-order chi connectivity index (χ0) is 12.4. The van der Waals surface area contributed by atoms with Gasteiger partial charge >= 0.3 is 5.97 Å². The van der Waals surface area contributed by atoms with Crippen molar-refractivity contribution in [3.05, 3.63) is 0 Å². The van der Waals surface area contributed by atoms with E-state index in [2.05, 4.69) is 0 Å². The molecule has 1 unspecified atom stereocenters. The van der Waals surface area contributed by atoms with Crippen LogP contribution in [-0.2, 0) is 19.1 Å². The highest BCUT2D eigenvalue weighted by atomic mass is 16.5. The molecular weight excluding hydrogens is 226 g/mol. The van der Waals surface area contributed by atoms with Gasteiger partial charge in [0.25, 0.3) is 5.91 Å². The normalized spacial score (nSPS) is 33.7. The fraction of sp³-hybridized carbons (Fsp3) is 0.818. The highest BCUT2D eigenvalue weighted by molar-refractivity contribution is 5.82. The van der Waals surface area contributed by atoms with E-state index in [0.29, 0.717) is 32.5 Å². The molecule has 2 saturated heterocycles. The predicted octanol–water partition coefficient (Wildman–Crippen LogP) is -0.134. The highest BCUT2D eigenvalue weighted by Gasteiger charge is 2.37. The minimum absolute atomic E-state index is 0.0318. The number of carboxylic acids is 1. The SMILES string of the molecule is CC1CN(C(=O)[C@@H]2CC[C@H](C(=O)O)O2)CCO1. The van der Waals surface area contributed by atoms with Crippen LogP contribution in [0.1, 0.15) is 19.8 Å². The first kappa shape index (κ1) is 12.3. The quantitative estimate of drug-likeness (QED) is 0.731. The number of aliphatic carboxylic acids is 1. The van der Waals surface area contributed by atoms with Gasteiger partial charge in [-0.2, -0.15) is 0 Å². The molecular formula is C11H17NO5. The number of morpholine rings is 1. The number of ether oxygens (including phenoxy) is 2. The molecule has 0 aromatic heterocycles. The summed E-state index contributed by atoms with van der Waals surface area (Å²) >= 11 is 0. The average Bonchev–Trinajstić information content (AvgIpc) is 2.77. The number of rotatable bonds is 2. The lowest BCUT2D eigenvalue weighted by Gasteiger charge is -2.32. The van der Waals surface area contributed by atoms with Crippen molar-refractivity contribution in [2.24, 2.45) is 0 Å². The van der Waals surface area contributed by atoms with E-state index in [0.717, 1.165) is 0 Å². The van der Waals surface area contributed by atoms with Crippen LogP contribution < -0.4 is 0 Å². The van der Waals surface area contributed by atoms with Crippen LogP contribution in [0.4, 0.5) is 0 Å². The van der Waals surface area contributed by atoms with Crippen LogP contribution in [0.25, 0.3) is 0 Å². The van der Waals surface area contributed by atoms with E-state index in [1.807, 2.05) is 6.92 Å². The lowest BCUT2D eigenvalue weighted by atomic mass is 10.1. The van der Waals surface area contributed by atoms with Crippen molar-refractivity contribution in [3.63, 3.8) is 0 Å². The van der Waals surface area contributed by atoms with Crippen LogP contribution in [0.15, 0.2) is 0 Å². The number of carbonyl (C=O) groups excluding carboxylic acids is 1. The van der Waals surface area contributed by atoms with Crippen LogP contribution in [0.2, 0.25) is 0 Å². The van der Waals surface area contributed by atoms with Gasteiger partial charge in [-0.15, -0.1) is 0 Å². The molecule has 96 valence electrons. The van der Waals surface area contributed by atoms with E-state index in [1.165, 1.54) is 0 Å². The van der Waals surface area contributed by atoms with Gasteiger partial charge in [0.2, 0.25) is 0 Å². The monoisotopic (exact) mass is 243 g/mol. The first-order valence-corrected chi connectivity index (χ1v) is 5.86. The number of amides is 1. The second kappa shape index (κ2) is 5.01. The van der Waals surface area contributed by atoms with E-state index in [-0.39, 0.29) is 12.0 Å². The summed E-state index contributed by atoms with van der Waals surface area (Å²) in [6.45, 7) is 3.55. The van der Waals surface area contributed by atoms with Crippen molar-refractivity contribution in [2.45, 2.75) is 38.1 Å². The number of hydrogen-bond donors (Lipinski definition) is 1. The molecule has 0 aromatic carbocycles. The van der Waals surface area contributed by atoms with Crippen molar-refractivity contribution in [1.82, 2.24) is 4.90 Å². The Hall–Kier alpha value is -1.14. The molecule has 2 aliphatic rings. The molecule has 0 aliphatic carbocycles. The second-order valence-corrected chi connectivity index (χ2v) is 4.49. The van der Waals surface area contributed by atoms with Crippen molar-refractivity contribution in [3.8, 4) is 0 Å². The van der Waals surface area contributed by atoms with E-state index < -0.39 is 18.2 Å². The first-order valence-electron chi connectivity index (χ1n) is 5.86. The van der Waals surface area contributed by atoms with Gasteiger partial charge in [-0.05, 0) is 19.8 Å². The standard InChI is InChI=1S/C11H17NO5/c1-7-6-12(4-5-16-7)10(13)8-2-3-9(17-8)11(14)15/h7-9H,2-6H2,1H3,(H,14,15)/t7?,8-,9+/m0/s1. The molecule has 0 radical (unpaired) electrons. The summed E-state index contributed by atoms with van der Waals surface area (Å²) in [5.74, 6) is -1.10. The van der Waals surface area contributed by atoms with Gasteiger partial charge in [0, 0.05) is 13.1 Å². The Morgan fingerprint density at radius 1 is 1.29 bits per heavy atom. The Labute approximate surface area is 99.5 Å². The zero-order valence-corrected chi connectivity index (χ0v) is 9.80. The maximum atomic E-state index is 12.1. The molecule has 17 heavy (non-hydrogen) atoms. The van der Waals surface area contributed by atoms with Crippen LogP contribution in [0.5, 0.6) is 0 Å². The van der Waals surface area contributed by atoms with Crippen molar-refractivity contribution >= 4 is 11.9 Å². The molecule has 1 amide bonds. The molecule has 2 fully saturated rings. The molecule has 2 aliphatic heterocycles. The summed E-state index contributed by atoms with van der Waals surface area (Å²) < 4.78 is 10.6. The van der Waals surface area contributed by atoms with Crippen LogP contribution in [0.3, 0.4) is 0 Å². The summed E-state index contributed by atoms with van der Waals surface area (Å²) in [5.41, 5.74) is 0. The molecule has 0 spiro atoms. The third kappa shape index (κ3) is 2.76. The molecule has 3 atom stereocenters. The number of hydrogen-bond acceptors (Lipinski definition) is 4. The van der Waals surface area contributed by atoms with Crippen molar-refractivity contribution < 1.29 is 24.2 Å². The first-order chi connectivity index (χ1) is 8.08. The molecule has 0 bridgehead atoms. The molecule has 6 nitrogen and oxygen atoms in total. The van der Waals surface area contributed by atoms with Gasteiger partial charge < -0.3 is 19.5 Å². The Balaban J connectivity index is 1.90. The largest absolute Gasteiger partial charge is 0.479 e. The molecule has 0 aromatic rings. The van der Waals surface area contributed by atoms with Gasteiger partial charge in [-0.3, -0.25) is 4.79 Å². The predicted molar refractivity (Wildman–Crippen MR) is 57.5 cm³/mol. The Morgan fingerprint density at radius 3 is 2.59 bits per heavy atom. The Bertz CT molecular complexity index is 319. The summed E-state index contributed by atoms with van der Waals surface area (Å²) in [5, 5.41) is 8.80. The van der Waals surface area contributed by atoms with Gasteiger partial charge in [0.1, 0.15) is 6.10 Å². The Morgan fingerprint density at radius 2 is 2.00 bits per heavy atom. The smallest absolute Gasteiger partial charge is 0.332 e. The Kier molecular flexibility index (Phi) is 3.63. The molecule has 2 rings (SSSR count). The zero-order valence-electron chi connectivity index (χ0n) is 9.80. The minimum Gasteiger partial charge on any atom is -0.479 e. The molecule has 6 heteroatoms. The maximum Gasteiger partial charge on any atom is 0.332 e. The van der Waals surface area contributed by atoms with E-state index in [1.54, 1.807) is 4.90 Å². The second-order valence-electron chi connectivity index (χ2n) is 4.49. The summed E-state index contributed by atoms with van der Waals surface area (Å²) in [6, 6.07) is 0. The van der Waals surface area contributed by atoms with Crippen molar-refractivity contribution in [2.75, 3.05) is 19.7 Å². The molecule has 0 saturated carbocycles. The summed E-state index contributed by atoms with van der Waals surface area (Å²) in [6.07, 6.45) is -0.499. The van der Waals surface area contributed by atoms with Crippen LogP contribution in [0, 0.1) is 0 Å². The van der Waals surface area contributed by atoms with Crippen LogP contribution in [-0.4, -0.2) is 59.9 Å². The van der Waals surface area contributed by atoms with Gasteiger partial charge in [0.05, 0.1) is 12.7 Å². The summed E-state index contributed by atoms with van der Waals surface area (Å²) in [7, 11) is 0. The number of carbonyl (C=O) groups is 2. The third-order valence-corrected chi connectivity index (χ3v) is 3.12. The van der Waals surface area contributed by atoms with Gasteiger partial charge in [-0.1, -0.05) is 0 Å². The molecule has 2 heterocycles. The van der Waals surface area contributed by atoms with Crippen LogP contribution >= 0.6 is 0 Å². The fourth-order valence-electron chi connectivity index (χ4n) is 2.22.